The molecule has 1 heterocycles. The van der Waals surface area contributed by atoms with E-state index in [0.717, 1.165) is 25.9 Å². The molecule has 86 valence electrons. The molecule has 0 radical (unpaired) electrons. The number of hydrogen-bond acceptors (Lipinski definition) is 2. The van der Waals surface area contributed by atoms with Crippen LogP contribution in [0.3, 0.4) is 0 Å². The van der Waals surface area contributed by atoms with Crippen LogP contribution in [0.2, 0.25) is 0 Å². The van der Waals surface area contributed by atoms with Gasteiger partial charge in [-0.15, -0.1) is 12.4 Å². The number of piperidine rings is 1. The Hall–Kier alpha value is 0. The summed E-state index contributed by atoms with van der Waals surface area (Å²) in [6, 6.07) is 0.0860. The van der Waals surface area contributed by atoms with Crippen molar-refractivity contribution in [2.75, 3.05) is 26.7 Å². The third-order valence-corrected chi connectivity index (χ3v) is 2.36. The second-order valence-electron chi connectivity index (χ2n) is 3.51. The van der Waals surface area contributed by atoms with Gasteiger partial charge in [-0.3, -0.25) is 4.90 Å². The van der Waals surface area contributed by atoms with Crippen LogP contribution >= 0.6 is 12.4 Å². The predicted molar refractivity (Wildman–Crippen MR) is 51.8 cm³/mol. The number of alkyl halides is 3. The van der Waals surface area contributed by atoms with Gasteiger partial charge in [0, 0.05) is 6.04 Å². The molecule has 0 saturated carbocycles. The molecule has 0 aromatic carbocycles. The van der Waals surface area contributed by atoms with Crippen molar-refractivity contribution in [1.82, 2.24) is 10.2 Å². The van der Waals surface area contributed by atoms with Crippen molar-refractivity contribution < 1.29 is 13.2 Å². The van der Waals surface area contributed by atoms with Crippen LogP contribution in [0.15, 0.2) is 0 Å². The van der Waals surface area contributed by atoms with Gasteiger partial charge in [-0.25, -0.2) is 0 Å². The van der Waals surface area contributed by atoms with E-state index in [-0.39, 0.29) is 18.4 Å². The minimum atomic E-state index is -4.07. The fourth-order valence-corrected chi connectivity index (χ4v) is 1.66. The first-order valence-corrected chi connectivity index (χ1v) is 4.47. The van der Waals surface area contributed by atoms with E-state index in [9.17, 15) is 13.2 Å². The number of halogens is 4. The summed E-state index contributed by atoms with van der Waals surface area (Å²) in [5.41, 5.74) is 0. The quantitative estimate of drug-likeness (QED) is 0.779. The van der Waals surface area contributed by atoms with E-state index < -0.39 is 12.7 Å². The van der Waals surface area contributed by atoms with Gasteiger partial charge < -0.3 is 5.32 Å². The zero-order valence-electron chi connectivity index (χ0n) is 8.10. The van der Waals surface area contributed by atoms with E-state index in [2.05, 4.69) is 5.32 Å². The standard InChI is InChI=1S/C8H15F3N2.ClH/c1-13(6-8(9,10)11)7-2-4-12-5-3-7;/h7,12H,2-6H2,1H3;1H. The zero-order valence-corrected chi connectivity index (χ0v) is 8.92. The molecule has 1 rings (SSSR count). The Balaban J connectivity index is 0.00000169. The number of hydrogen-bond donors (Lipinski definition) is 1. The molecule has 2 nitrogen and oxygen atoms in total. The fraction of sp³-hybridized carbons (Fsp3) is 1.00. The summed E-state index contributed by atoms with van der Waals surface area (Å²) >= 11 is 0. The minimum Gasteiger partial charge on any atom is -0.317 e. The van der Waals surface area contributed by atoms with Gasteiger partial charge in [0.2, 0.25) is 0 Å². The first-order valence-electron chi connectivity index (χ1n) is 4.47. The third kappa shape index (κ3) is 5.02. The Kier molecular flexibility index (Phi) is 5.78. The summed E-state index contributed by atoms with van der Waals surface area (Å²) in [6.45, 7) is 0.859. The minimum absolute atomic E-state index is 0. The predicted octanol–water partition coefficient (Wildman–Crippen LogP) is 1.65. The van der Waals surface area contributed by atoms with Gasteiger partial charge in [0.25, 0.3) is 0 Å². The van der Waals surface area contributed by atoms with Crippen molar-refractivity contribution in [3.63, 3.8) is 0 Å². The molecule has 1 saturated heterocycles. The summed E-state index contributed by atoms with van der Waals surface area (Å²) in [4.78, 5) is 1.40. The van der Waals surface area contributed by atoms with Crippen molar-refractivity contribution in [2.45, 2.75) is 25.1 Å². The van der Waals surface area contributed by atoms with Gasteiger partial charge in [0.05, 0.1) is 6.54 Å². The Morgan fingerprint density at radius 1 is 1.29 bits per heavy atom. The lowest BCUT2D eigenvalue weighted by Crippen LogP contribution is -2.44. The summed E-state index contributed by atoms with van der Waals surface area (Å²) in [7, 11) is 1.55. The molecular formula is C8H16ClF3N2. The molecule has 0 bridgehead atoms. The van der Waals surface area contributed by atoms with Crippen LogP contribution in [0.4, 0.5) is 13.2 Å². The van der Waals surface area contributed by atoms with Gasteiger partial charge >= 0.3 is 6.18 Å². The van der Waals surface area contributed by atoms with Crippen molar-refractivity contribution in [3.05, 3.63) is 0 Å². The number of nitrogens with one attached hydrogen (secondary N) is 1. The molecule has 0 aromatic heterocycles. The van der Waals surface area contributed by atoms with Crippen LogP contribution in [0.5, 0.6) is 0 Å². The highest BCUT2D eigenvalue weighted by atomic mass is 35.5. The molecular weight excluding hydrogens is 217 g/mol. The van der Waals surface area contributed by atoms with Gasteiger partial charge in [0.1, 0.15) is 0 Å². The second-order valence-corrected chi connectivity index (χ2v) is 3.51. The molecule has 1 N–H and O–H groups in total. The number of nitrogens with zero attached hydrogens (tertiary/aromatic N) is 1. The highest BCUT2D eigenvalue weighted by molar-refractivity contribution is 5.85. The SMILES string of the molecule is CN(CC(F)(F)F)C1CCNCC1.Cl. The molecule has 1 aliphatic rings. The van der Waals surface area contributed by atoms with Gasteiger partial charge in [0.15, 0.2) is 0 Å². The summed E-state index contributed by atoms with van der Waals surface area (Å²) in [5.74, 6) is 0. The van der Waals surface area contributed by atoms with Gasteiger partial charge in [-0.2, -0.15) is 13.2 Å². The maximum absolute atomic E-state index is 12.0. The van der Waals surface area contributed by atoms with Gasteiger partial charge in [-0.1, -0.05) is 0 Å². The first-order chi connectivity index (χ1) is 5.99. The monoisotopic (exact) mass is 232 g/mol. The van der Waals surface area contributed by atoms with Crippen molar-refractivity contribution >= 4 is 12.4 Å². The Morgan fingerprint density at radius 3 is 2.21 bits per heavy atom. The van der Waals surface area contributed by atoms with Crippen LogP contribution in [-0.2, 0) is 0 Å². The fourth-order valence-electron chi connectivity index (χ4n) is 1.66. The molecule has 0 aromatic rings. The smallest absolute Gasteiger partial charge is 0.317 e. The molecule has 6 heteroatoms. The maximum Gasteiger partial charge on any atom is 0.401 e. The Bertz CT molecular complexity index is 157. The molecule has 0 spiro atoms. The summed E-state index contributed by atoms with van der Waals surface area (Å²) in [6.07, 6.45) is -2.45. The lowest BCUT2D eigenvalue weighted by molar-refractivity contribution is -0.148. The van der Waals surface area contributed by atoms with E-state index in [4.69, 9.17) is 0 Å². The average Bonchev–Trinajstić information content (AvgIpc) is 2.03. The lowest BCUT2D eigenvalue weighted by atomic mass is 10.1. The van der Waals surface area contributed by atoms with Crippen LogP contribution < -0.4 is 5.32 Å². The first kappa shape index (κ1) is 14.0. The van der Waals surface area contributed by atoms with Crippen molar-refractivity contribution in [1.29, 1.82) is 0 Å². The molecule has 0 aliphatic carbocycles. The summed E-state index contributed by atoms with van der Waals surface area (Å²) < 4.78 is 36.0. The van der Waals surface area contributed by atoms with E-state index in [1.807, 2.05) is 0 Å². The second kappa shape index (κ2) is 5.78. The number of rotatable bonds is 2. The van der Waals surface area contributed by atoms with Crippen LogP contribution in [0, 0.1) is 0 Å². The molecule has 0 amide bonds. The average molecular weight is 233 g/mol. The summed E-state index contributed by atoms with van der Waals surface area (Å²) in [5, 5.41) is 3.12. The van der Waals surface area contributed by atoms with Gasteiger partial charge in [-0.05, 0) is 33.0 Å². The molecule has 1 aliphatic heterocycles. The highest BCUT2D eigenvalue weighted by Gasteiger charge is 2.32. The maximum atomic E-state index is 12.0. The van der Waals surface area contributed by atoms with E-state index in [0.29, 0.717) is 0 Å². The lowest BCUT2D eigenvalue weighted by Gasteiger charge is -2.31. The Labute approximate surface area is 88.2 Å². The Morgan fingerprint density at radius 2 is 1.79 bits per heavy atom. The topological polar surface area (TPSA) is 15.3 Å². The third-order valence-electron chi connectivity index (χ3n) is 2.36. The van der Waals surface area contributed by atoms with Crippen molar-refractivity contribution in [3.8, 4) is 0 Å². The van der Waals surface area contributed by atoms with E-state index in [1.165, 1.54) is 4.90 Å². The van der Waals surface area contributed by atoms with Crippen LogP contribution in [0.1, 0.15) is 12.8 Å². The van der Waals surface area contributed by atoms with Crippen LogP contribution in [0.25, 0.3) is 0 Å². The molecule has 14 heavy (non-hydrogen) atoms. The van der Waals surface area contributed by atoms with E-state index >= 15 is 0 Å². The van der Waals surface area contributed by atoms with Crippen LogP contribution in [-0.4, -0.2) is 43.8 Å². The van der Waals surface area contributed by atoms with Crippen molar-refractivity contribution in [2.24, 2.45) is 0 Å². The zero-order chi connectivity index (χ0) is 9.90. The molecule has 0 unspecified atom stereocenters. The normalized spacial score (nSPS) is 19.5. The molecule has 1 fully saturated rings. The molecule has 0 atom stereocenters. The highest BCUT2D eigenvalue weighted by Crippen LogP contribution is 2.19. The van der Waals surface area contributed by atoms with E-state index in [1.54, 1.807) is 7.05 Å². The largest absolute Gasteiger partial charge is 0.401 e.